The smallest absolute Gasteiger partial charge is 0.242 e. The van der Waals surface area contributed by atoms with Crippen LogP contribution in [0.2, 0.25) is 5.02 Å². The Bertz CT molecular complexity index is 707. The zero-order chi connectivity index (χ0) is 17.5. The summed E-state index contributed by atoms with van der Waals surface area (Å²) in [5, 5.41) is 3.52. The minimum Gasteiger partial charge on any atom is -0.355 e. The molecule has 0 aliphatic heterocycles. The Kier molecular flexibility index (Phi) is 6.52. The molecule has 4 nitrogen and oxygen atoms in total. The van der Waals surface area contributed by atoms with Crippen LogP contribution in [0.1, 0.15) is 24.1 Å². The first kappa shape index (κ1) is 18.2. The van der Waals surface area contributed by atoms with Crippen molar-refractivity contribution < 1.29 is 9.18 Å². The number of hydrazine groups is 1. The van der Waals surface area contributed by atoms with Crippen LogP contribution in [0.15, 0.2) is 48.5 Å². The first-order valence-electron chi connectivity index (χ1n) is 7.30. The molecule has 0 aliphatic rings. The fourth-order valence-corrected chi connectivity index (χ4v) is 2.55. The quantitative estimate of drug-likeness (QED) is 0.575. The molecular formula is C17H17ClFN3OS. The van der Waals surface area contributed by atoms with E-state index in [-0.39, 0.29) is 28.2 Å². The maximum Gasteiger partial charge on any atom is 0.242 e. The Morgan fingerprint density at radius 3 is 2.54 bits per heavy atom. The average Bonchev–Trinajstić information content (AvgIpc) is 2.57. The highest BCUT2D eigenvalue weighted by Gasteiger charge is 2.12. The van der Waals surface area contributed by atoms with Crippen molar-refractivity contribution in [1.29, 1.82) is 0 Å². The van der Waals surface area contributed by atoms with Gasteiger partial charge in [-0.25, -0.2) is 4.39 Å². The van der Waals surface area contributed by atoms with E-state index in [9.17, 15) is 9.18 Å². The Morgan fingerprint density at radius 2 is 1.88 bits per heavy atom. The van der Waals surface area contributed by atoms with Crippen molar-refractivity contribution in [2.24, 2.45) is 0 Å². The molecule has 0 fully saturated rings. The van der Waals surface area contributed by atoms with Crippen LogP contribution in [0.25, 0.3) is 0 Å². The first-order chi connectivity index (χ1) is 11.5. The van der Waals surface area contributed by atoms with Crippen LogP contribution in [-0.4, -0.2) is 11.0 Å². The molecule has 2 aromatic carbocycles. The highest BCUT2D eigenvalue weighted by atomic mass is 35.5. The summed E-state index contributed by atoms with van der Waals surface area (Å²) in [6.45, 7) is 1.95. The molecule has 0 heterocycles. The van der Waals surface area contributed by atoms with Gasteiger partial charge in [-0.15, -0.1) is 0 Å². The fraction of sp³-hybridized carbons (Fsp3) is 0.176. The van der Waals surface area contributed by atoms with E-state index in [0.717, 1.165) is 5.56 Å². The minimum atomic E-state index is -0.518. The number of carbonyl (C=O) groups is 1. The SMILES string of the molecule is C[C@@H](NC(=S)NNC(=O)Cc1c(F)cccc1Cl)c1ccccc1. The van der Waals surface area contributed by atoms with E-state index in [1.54, 1.807) is 0 Å². The minimum absolute atomic E-state index is 0.0240. The number of benzene rings is 2. The molecule has 0 aromatic heterocycles. The first-order valence-corrected chi connectivity index (χ1v) is 8.09. The number of carbonyl (C=O) groups excluding carboxylic acids is 1. The van der Waals surface area contributed by atoms with E-state index in [4.69, 9.17) is 23.8 Å². The van der Waals surface area contributed by atoms with Crippen LogP contribution in [0.5, 0.6) is 0 Å². The summed E-state index contributed by atoms with van der Waals surface area (Å²) >= 11 is 11.0. The second kappa shape index (κ2) is 8.61. The van der Waals surface area contributed by atoms with Crippen LogP contribution in [0.4, 0.5) is 4.39 Å². The van der Waals surface area contributed by atoms with Gasteiger partial charge >= 0.3 is 0 Å². The van der Waals surface area contributed by atoms with Crippen LogP contribution in [0.3, 0.4) is 0 Å². The molecule has 2 rings (SSSR count). The van der Waals surface area contributed by atoms with E-state index >= 15 is 0 Å². The van der Waals surface area contributed by atoms with Crippen molar-refractivity contribution in [3.05, 3.63) is 70.5 Å². The molecule has 0 radical (unpaired) electrons. The van der Waals surface area contributed by atoms with Gasteiger partial charge in [-0.2, -0.15) is 0 Å². The third-order valence-corrected chi connectivity index (χ3v) is 3.94. The molecule has 3 N–H and O–H groups in total. The second-order valence-corrected chi connectivity index (χ2v) is 5.97. The third-order valence-electron chi connectivity index (χ3n) is 3.36. The maximum atomic E-state index is 13.6. The van der Waals surface area contributed by atoms with Crippen LogP contribution < -0.4 is 16.2 Å². The fourth-order valence-electron chi connectivity index (χ4n) is 2.09. The summed E-state index contributed by atoms with van der Waals surface area (Å²) in [4.78, 5) is 11.9. The lowest BCUT2D eigenvalue weighted by Crippen LogP contribution is -2.47. The standard InChI is InChI=1S/C17H17ClFN3OS/c1-11(12-6-3-2-4-7-12)20-17(24)22-21-16(23)10-13-14(18)8-5-9-15(13)19/h2-9,11H,10H2,1H3,(H,21,23)(H2,20,22,24)/t11-/m1/s1. The number of halogens is 2. The van der Waals surface area contributed by atoms with E-state index in [0.29, 0.717) is 0 Å². The van der Waals surface area contributed by atoms with Crippen molar-refractivity contribution in [2.75, 3.05) is 0 Å². The molecule has 0 saturated heterocycles. The number of rotatable bonds is 4. The normalized spacial score (nSPS) is 11.5. The third kappa shape index (κ3) is 5.18. The molecule has 126 valence electrons. The van der Waals surface area contributed by atoms with E-state index in [1.165, 1.54) is 18.2 Å². The summed E-state index contributed by atoms with van der Waals surface area (Å²) in [5.74, 6) is -0.963. The molecule has 24 heavy (non-hydrogen) atoms. The van der Waals surface area contributed by atoms with Gasteiger partial charge in [0.05, 0.1) is 12.5 Å². The van der Waals surface area contributed by atoms with Crippen LogP contribution in [0, 0.1) is 5.82 Å². The molecule has 0 bridgehead atoms. The lowest BCUT2D eigenvalue weighted by molar-refractivity contribution is -0.121. The Labute approximate surface area is 150 Å². The van der Waals surface area contributed by atoms with Crippen molar-refractivity contribution in [3.63, 3.8) is 0 Å². The lowest BCUT2D eigenvalue weighted by Gasteiger charge is -2.17. The molecule has 1 atom stereocenters. The van der Waals surface area contributed by atoms with Crippen LogP contribution >= 0.6 is 23.8 Å². The predicted octanol–water partition coefficient (Wildman–Crippen LogP) is 3.28. The molecule has 0 spiro atoms. The molecule has 1 amide bonds. The second-order valence-electron chi connectivity index (χ2n) is 5.16. The highest BCUT2D eigenvalue weighted by Crippen LogP contribution is 2.19. The number of hydrogen-bond acceptors (Lipinski definition) is 2. The van der Waals surface area contributed by atoms with E-state index in [2.05, 4.69) is 16.2 Å². The van der Waals surface area contributed by atoms with Gasteiger partial charge in [0.15, 0.2) is 5.11 Å². The molecule has 0 aliphatic carbocycles. The van der Waals surface area contributed by atoms with Crippen molar-refractivity contribution in [3.8, 4) is 0 Å². The van der Waals surface area contributed by atoms with Gasteiger partial charge in [0, 0.05) is 10.6 Å². The maximum absolute atomic E-state index is 13.6. The summed E-state index contributed by atoms with van der Waals surface area (Å²) in [5.41, 5.74) is 6.23. The zero-order valence-corrected chi connectivity index (χ0v) is 14.5. The van der Waals surface area contributed by atoms with Gasteiger partial charge in [0.2, 0.25) is 5.91 Å². The average molecular weight is 366 g/mol. The Hall–Kier alpha value is -2.18. The Balaban J connectivity index is 1.82. The van der Waals surface area contributed by atoms with E-state index in [1.807, 2.05) is 37.3 Å². The highest BCUT2D eigenvalue weighted by molar-refractivity contribution is 7.80. The summed E-state index contributed by atoms with van der Waals surface area (Å²) in [7, 11) is 0. The topological polar surface area (TPSA) is 53.2 Å². The number of amides is 1. The van der Waals surface area contributed by atoms with Gasteiger partial charge in [0.1, 0.15) is 5.82 Å². The molecule has 7 heteroatoms. The molecule has 2 aromatic rings. The predicted molar refractivity (Wildman–Crippen MR) is 97.0 cm³/mol. The van der Waals surface area contributed by atoms with E-state index < -0.39 is 11.7 Å². The monoisotopic (exact) mass is 365 g/mol. The van der Waals surface area contributed by atoms with Crippen LogP contribution in [-0.2, 0) is 11.2 Å². The number of thiocarbonyl (C=S) groups is 1. The summed E-state index contributed by atoms with van der Waals surface area (Å²) < 4.78 is 13.6. The molecular weight excluding hydrogens is 349 g/mol. The van der Waals surface area contributed by atoms with Crippen molar-refractivity contribution in [2.45, 2.75) is 19.4 Å². The molecule has 0 saturated carbocycles. The summed E-state index contributed by atoms with van der Waals surface area (Å²) in [6, 6.07) is 14.0. The van der Waals surface area contributed by atoms with Crippen molar-refractivity contribution in [1.82, 2.24) is 16.2 Å². The number of hydrogen-bond donors (Lipinski definition) is 3. The lowest BCUT2D eigenvalue weighted by atomic mass is 10.1. The van der Waals surface area contributed by atoms with Crippen molar-refractivity contribution >= 4 is 34.8 Å². The number of nitrogens with one attached hydrogen (secondary N) is 3. The molecule has 0 unspecified atom stereocenters. The van der Waals surface area contributed by atoms with Gasteiger partial charge in [-0.3, -0.25) is 15.6 Å². The van der Waals surface area contributed by atoms with Gasteiger partial charge in [0.25, 0.3) is 0 Å². The summed E-state index contributed by atoms with van der Waals surface area (Å²) in [6.07, 6.45) is -0.185. The zero-order valence-electron chi connectivity index (χ0n) is 13.0. The van der Waals surface area contributed by atoms with Gasteiger partial charge in [-0.05, 0) is 36.8 Å². The van der Waals surface area contributed by atoms with Gasteiger partial charge < -0.3 is 5.32 Å². The van der Waals surface area contributed by atoms with Gasteiger partial charge in [-0.1, -0.05) is 48.0 Å². The Morgan fingerprint density at radius 1 is 1.17 bits per heavy atom. The largest absolute Gasteiger partial charge is 0.355 e.